The molecule has 0 radical (unpaired) electrons. The van der Waals surface area contributed by atoms with Crippen molar-refractivity contribution in [2.75, 3.05) is 38.1 Å². The molecule has 2 aromatic rings. The van der Waals surface area contributed by atoms with Gasteiger partial charge in [-0.25, -0.2) is 4.39 Å². The van der Waals surface area contributed by atoms with Crippen molar-refractivity contribution in [3.8, 4) is 0 Å². The molecule has 1 aromatic carbocycles. The average Bonchev–Trinajstić information content (AvgIpc) is 3.52. The van der Waals surface area contributed by atoms with Gasteiger partial charge in [0.05, 0.1) is 12.2 Å². The van der Waals surface area contributed by atoms with Gasteiger partial charge < -0.3 is 20.0 Å². The number of hydrogen-bond acceptors (Lipinski definition) is 5. The third-order valence-electron chi connectivity index (χ3n) is 7.66. The van der Waals surface area contributed by atoms with Gasteiger partial charge in [-0.05, 0) is 31.9 Å². The van der Waals surface area contributed by atoms with Crippen LogP contribution in [-0.4, -0.2) is 82.1 Å². The molecule has 10 heteroatoms. The summed E-state index contributed by atoms with van der Waals surface area (Å²) in [6.45, 7) is 3.76. The standard InChI is InChI=1S/C25H31FN6O3/c1-25(24(35)27-17-7-3-4-8-17)16-32-21(23(34)29(25)2)15-19(28-32)22(33)31-13-11-30(12-14-31)20-10-6-5-9-18(20)26/h5-6,9-10,15,17H,3-4,7-8,11-14,16H2,1-2H3,(H,27,35)/t25-/m1/s1. The van der Waals surface area contributed by atoms with Gasteiger partial charge in [0.2, 0.25) is 5.91 Å². The monoisotopic (exact) mass is 482 g/mol. The normalized spacial score (nSPS) is 22.9. The molecule has 1 saturated heterocycles. The molecule has 1 aromatic heterocycles. The predicted molar refractivity (Wildman–Crippen MR) is 128 cm³/mol. The number of amides is 3. The Balaban J connectivity index is 1.29. The van der Waals surface area contributed by atoms with Crippen LogP contribution in [0.15, 0.2) is 30.3 Å². The number of fused-ring (bicyclic) bond motifs is 1. The van der Waals surface area contributed by atoms with E-state index in [1.54, 1.807) is 37.1 Å². The zero-order chi connectivity index (χ0) is 24.7. The summed E-state index contributed by atoms with van der Waals surface area (Å²) < 4.78 is 15.6. The summed E-state index contributed by atoms with van der Waals surface area (Å²) in [5.74, 6) is -1.08. The number of aromatic nitrogens is 2. The molecule has 186 valence electrons. The second-order valence-corrected chi connectivity index (χ2v) is 9.90. The van der Waals surface area contributed by atoms with Crippen LogP contribution in [0.25, 0.3) is 0 Å². The molecule has 0 spiro atoms. The Morgan fingerprint density at radius 1 is 1.11 bits per heavy atom. The second-order valence-electron chi connectivity index (χ2n) is 9.90. The summed E-state index contributed by atoms with van der Waals surface area (Å²) in [4.78, 5) is 44.5. The summed E-state index contributed by atoms with van der Waals surface area (Å²) in [5, 5.41) is 7.53. The number of para-hydroxylation sites is 1. The highest BCUT2D eigenvalue weighted by Crippen LogP contribution is 2.28. The van der Waals surface area contributed by atoms with Crippen LogP contribution in [0.5, 0.6) is 0 Å². The minimum atomic E-state index is -1.09. The predicted octanol–water partition coefficient (Wildman–Crippen LogP) is 1.89. The maximum Gasteiger partial charge on any atom is 0.274 e. The lowest BCUT2D eigenvalue weighted by Gasteiger charge is -2.41. The van der Waals surface area contributed by atoms with E-state index in [1.807, 2.05) is 4.90 Å². The Hall–Kier alpha value is -3.43. The van der Waals surface area contributed by atoms with Crippen molar-refractivity contribution in [3.63, 3.8) is 0 Å². The van der Waals surface area contributed by atoms with Crippen LogP contribution >= 0.6 is 0 Å². The molecule has 35 heavy (non-hydrogen) atoms. The number of likely N-dealkylation sites (N-methyl/N-ethyl adjacent to an activating group) is 1. The number of benzene rings is 1. The van der Waals surface area contributed by atoms with Gasteiger partial charge in [-0.15, -0.1) is 0 Å². The highest BCUT2D eigenvalue weighted by molar-refractivity contribution is 6.01. The van der Waals surface area contributed by atoms with Crippen LogP contribution in [0.4, 0.5) is 10.1 Å². The van der Waals surface area contributed by atoms with Crippen molar-refractivity contribution in [2.45, 2.75) is 50.7 Å². The van der Waals surface area contributed by atoms with Gasteiger partial charge in [0.25, 0.3) is 11.8 Å². The number of carbonyl (C=O) groups excluding carboxylic acids is 3. The second kappa shape index (κ2) is 8.98. The highest BCUT2D eigenvalue weighted by atomic mass is 19.1. The van der Waals surface area contributed by atoms with E-state index < -0.39 is 5.54 Å². The Labute approximate surface area is 203 Å². The molecule has 0 unspecified atom stereocenters. The molecule has 2 fully saturated rings. The highest BCUT2D eigenvalue weighted by Gasteiger charge is 2.47. The average molecular weight is 483 g/mol. The summed E-state index contributed by atoms with van der Waals surface area (Å²) in [7, 11) is 1.62. The number of nitrogens with zero attached hydrogens (tertiary/aromatic N) is 5. The quantitative estimate of drug-likeness (QED) is 0.719. The van der Waals surface area contributed by atoms with E-state index in [-0.39, 0.29) is 41.8 Å². The number of piperazine rings is 1. The molecule has 0 bridgehead atoms. The molecule has 2 aliphatic heterocycles. The van der Waals surface area contributed by atoms with Gasteiger partial charge in [-0.2, -0.15) is 5.10 Å². The fourth-order valence-corrected chi connectivity index (χ4v) is 5.26. The van der Waals surface area contributed by atoms with E-state index in [0.29, 0.717) is 37.6 Å². The molecule has 3 heterocycles. The fraction of sp³-hybridized carbons (Fsp3) is 0.520. The molecule has 1 saturated carbocycles. The molecule has 9 nitrogen and oxygen atoms in total. The van der Waals surface area contributed by atoms with Gasteiger partial charge >= 0.3 is 0 Å². The Morgan fingerprint density at radius 3 is 2.49 bits per heavy atom. The van der Waals surface area contributed by atoms with Crippen molar-refractivity contribution in [3.05, 3.63) is 47.5 Å². The van der Waals surface area contributed by atoms with Crippen LogP contribution in [0, 0.1) is 5.82 Å². The largest absolute Gasteiger partial charge is 0.366 e. The van der Waals surface area contributed by atoms with E-state index in [4.69, 9.17) is 0 Å². The zero-order valence-electron chi connectivity index (χ0n) is 20.2. The molecular weight excluding hydrogens is 451 g/mol. The first-order chi connectivity index (χ1) is 16.8. The van der Waals surface area contributed by atoms with Crippen molar-refractivity contribution in [2.24, 2.45) is 0 Å². The van der Waals surface area contributed by atoms with Gasteiger partial charge in [0, 0.05) is 45.3 Å². The fourth-order valence-electron chi connectivity index (χ4n) is 5.26. The zero-order valence-corrected chi connectivity index (χ0v) is 20.2. The first-order valence-corrected chi connectivity index (χ1v) is 12.2. The van der Waals surface area contributed by atoms with E-state index in [1.165, 1.54) is 21.7 Å². The summed E-state index contributed by atoms with van der Waals surface area (Å²) >= 11 is 0. The molecule has 5 rings (SSSR count). The number of halogens is 1. The van der Waals surface area contributed by atoms with Gasteiger partial charge in [-0.1, -0.05) is 25.0 Å². The number of rotatable bonds is 4. The lowest BCUT2D eigenvalue weighted by atomic mass is 9.95. The van der Waals surface area contributed by atoms with Gasteiger partial charge in [-0.3, -0.25) is 19.1 Å². The van der Waals surface area contributed by atoms with Crippen LogP contribution in [0.1, 0.15) is 53.6 Å². The van der Waals surface area contributed by atoms with Crippen molar-refractivity contribution in [1.29, 1.82) is 0 Å². The summed E-state index contributed by atoms with van der Waals surface area (Å²) in [5.41, 5.74) is -0.0842. The summed E-state index contributed by atoms with van der Waals surface area (Å²) in [6.07, 6.45) is 4.10. The number of anilines is 1. The first-order valence-electron chi connectivity index (χ1n) is 12.2. The minimum absolute atomic E-state index is 0.141. The molecule has 1 N–H and O–H groups in total. The minimum Gasteiger partial charge on any atom is -0.366 e. The summed E-state index contributed by atoms with van der Waals surface area (Å²) in [6, 6.07) is 8.26. The Kier molecular flexibility index (Phi) is 5.98. The van der Waals surface area contributed by atoms with Crippen molar-refractivity contribution < 1.29 is 18.8 Å². The van der Waals surface area contributed by atoms with Gasteiger partial charge in [0.15, 0.2) is 5.69 Å². The van der Waals surface area contributed by atoms with Gasteiger partial charge in [0.1, 0.15) is 17.1 Å². The van der Waals surface area contributed by atoms with Crippen LogP contribution < -0.4 is 10.2 Å². The van der Waals surface area contributed by atoms with E-state index in [0.717, 1.165) is 25.7 Å². The molecular formula is C25H31FN6O3. The third kappa shape index (κ3) is 4.15. The first kappa shape index (κ1) is 23.3. The molecule has 3 amide bonds. The Bertz CT molecular complexity index is 1150. The maximum absolute atomic E-state index is 14.1. The maximum atomic E-state index is 14.1. The topological polar surface area (TPSA) is 90.8 Å². The van der Waals surface area contributed by atoms with Crippen LogP contribution in [0.3, 0.4) is 0 Å². The van der Waals surface area contributed by atoms with E-state index in [2.05, 4.69) is 10.4 Å². The Morgan fingerprint density at radius 2 is 1.80 bits per heavy atom. The number of hydrogen-bond donors (Lipinski definition) is 1. The van der Waals surface area contributed by atoms with Crippen molar-refractivity contribution >= 4 is 23.4 Å². The molecule has 1 aliphatic carbocycles. The van der Waals surface area contributed by atoms with Crippen LogP contribution in [-0.2, 0) is 11.3 Å². The smallest absolute Gasteiger partial charge is 0.274 e. The lowest BCUT2D eigenvalue weighted by molar-refractivity contribution is -0.133. The SMILES string of the molecule is CN1C(=O)c2cc(C(=O)N3CCN(c4ccccc4F)CC3)nn2C[C@]1(C)C(=O)NC1CCCC1. The van der Waals surface area contributed by atoms with E-state index >= 15 is 0 Å². The van der Waals surface area contributed by atoms with E-state index in [9.17, 15) is 18.8 Å². The van der Waals surface area contributed by atoms with Crippen molar-refractivity contribution in [1.82, 2.24) is 24.9 Å². The number of nitrogens with one attached hydrogen (secondary N) is 1. The molecule has 1 atom stereocenters. The number of carbonyl (C=O) groups is 3. The molecule has 3 aliphatic rings. The third-order valence-corrected chi connectivity index (χ3v) is 7.66. The lowest BCUT2D eigenvalue weighted by Crippen LogP contribution is -2.63. The van der Waals surface area contributed by atoms with Crippen LogP contribution in [0.2, 0.25) is 0 Å².